The number of alkyl carbamates (subject to hydrolysis) is 2. The fourth-order valence-corrected chi connectivity index (χ4v) is 7.79. The number of piperidine rings is 2. The molecule has 290 valence electrons. The van der Waals surface area contributed by atoms with Crippen molar-refractivity contribution in [1.29, 1.82) is 0 Å². The van der Waals surface area contributed by atoms with Gasteiger partial charge in [0.15, 0.2) is 0 Å². The summed E-state index contributed by atoms with van der Waals surface area (Å²) in [5.74, 6) is 0. The molecule has 2 aliphatic heterocycles. The number of rotatable bonds is 10. The topological polar surface area (TPSA) is 167 Å². The maximum absolute atomic E-state index is 12.8. The smallest absolute Gasteiger partial charge is 0.407 e. The third-order valence-electron chi connectivity index (χ3n) is 8.07. The van der Waals surface area contributed by atoms with Crippen molar-refractivity contribution in [3.8, 4) is 0 Å². The van der Waals surface area contributed by atoms with E-state index in [1.807, 2.05) is 41.5 Å². The zero-order chi connectivity index (χ0) is 38.1. The number of carbonyl (C=O) groups is 2. The number of likely N-dealkylation sites (N-methyl/N-ethyl adjacent to an activating group) is 1. The van der Waals surface area contributed by atoms with Gasteiger partial charge in [-0.25, -0.2) is 14.3 Å². The Bertz CT molecular complexity index is 1250. The molecule has 2 rings (SSSR count). The van der Waals surface area contributed by atoms with Crippen molar-refractivity contribution in [3.63, 3.8) is 0 Å². The van der Waals surface area contributed by atoms with Gasteiger partial charge >= 0.3 is 12.2 Å². The van der Waals surface area contributed by atoms with Crippen LogP contribution in [0.2, 0.25) is 0 Å². The van der Waals surface area contributed by atoms with E-state index in [0.29, 0.717) is 26.2 Å². The molecule has 0 spiro atoms. The van der Waals surface area contributed by atoms with Crippen LogP contribution in [0.5, 0.6) is 0 Å². The van der Waals surface area contributed by atoms with Crippen LogP contribution in [-0.2, 0) is 29.9 Å². The lowest BCUT2D eigenvalue weighted by atomic mass is 9.87. The monoisotopic (exact) mass is 740 g/mol. The van der Waals surface area contributed by atoms with Gasteiger partial charge < -0.3 is 20.1 Å². The molecule has 0 aromatic heterocycles. The van der Waals surface area contributed by atoms with Crippen LogP contribution >= 0.6 is 0 Å². The van der Waals surface area contributed by atoms with E-state index in [1.165, 1.54) is 12.9 Å². The van der Waals surface area contributed by atoms with Gasteiger partial charge in [-0.2, -0.15) is 29.8 Å². The van der Waals surface area contributed by atoms with Gasteiger partial charge in [0.2, 0.25) is 0 Å². The van der Waals surface area contributed by atoms with Crippen LogP contribution < -0.4 is 15.4 Å². The van der Waals surface area contributed by atoms with Gasteiger partial charge in [0.05, 0.1) is 12.1 Å². The number of ether oxygens (including phenoxy) is 2. The molecule has 14 nitrogen and oxygen atoms in total. The molecule has 0 saturated carbocycles. The Morgan fingerprint density at radius 1 is 0.633 bits per heavy atom. The Hall–Kier alpha value is -1.72. The molecule has 0 aromatic rings. The van der Waals surface area contributed by atoms with E-state index in [4.69, 9.17) is 9.47 Å². The van der Waals surface area contributed by atoms with Crippen LogP contribution in [0.1, 0.15) is 122 Å². The SMILES string of the molecule is CC(C)(C)OC(=O)N[C@H](CNS(=O)(=O)N1CCCCC1)C(C)(C)C.CN(C[C@@H](NC(=O)OC(C)(C)C)C(C)(C)C)S(=O)(=O)N1CCCCC1. The summed E-state index contributed by atoms with van der Waals surface area (Å²) >= 11 is 0. The minimum absolute atomic E-state index is 0.127. The number of hydrogen-bond donors (Lipinski definition) is 3. The van der Waals surface area contributed by atoms with Crippen molar-refractivity contribution in [2.75, 3.05) is 46.3 Å². The first-order valence-corrected chi connectivity index (χ1v) is 20.3. The zero-order valence-corrected chi connectivity index (χ0v) is 34.2. The van der Waals surface area contributed by atoms with Crippen LogP contribution in [-0.4, -0.2) is 112 Å². The van der Waals surface area contributed by atoms with E-state index in [2.05, 4.69) is 15.4 Å². The molecule has 0 bridgehead atoms. The standard InChI is InChI=1S/C17H35N3O4S.C16H33N3O4S/c1-16(2,3)14(18-15(21)24-17(4,5)6)13-19(7)25(22,23)20-11-9-8-10-12-20;1-15(2,3)13(18-14(20)23-16(4,5)6)12-17-24(21,22)19-10-8-7-9-11-19/h14H,8-13H2,1-7H3,(H,18,21);13,17H,7-12H2,1-6H3,(H,18,20)/t14-;13-/m11/s1. The minimum atomic E-state index is -3.52. The van der Waals surface area contributed by atoms with E-state index in [9.17, 15) is 26.4 Å². The largest absolute Gasteiger partial charge is 0.444 e. The van der Waals surface area contributed by atoms with Crippen LogP contribution in [0.4, 0.5) is 9.59 Å². The number of nitrogens with zero attached hydrogens (tertiary/aromatic N) is 3. The highest BCUT2D eigenvalue weighted by atomic mass is 32.2. The minimum Gasteiger partial charge on any atom is -0.444 e. The Labute approximate surface area is 298 Å². The quantitative estimate of drug-likeness (QED) is 0.286. The maximum atomic E-state index is 12.8. The Morgan fingerprint density at radius 3 is 1.37 bits per heavy atom. The van der Waals surface area contributed by atoms with Crippen LogP contribution in [0.25, 0.3) is 0 Å². The molecule has 49 heavy (non-hydrogen) atoms. The van der Waals surface area contributed by atoms with E-state index in [1.54, 1.807) is 48.6 Å². The second-order valence-corrected chi connectivity index (χ2v) is 21.0. The van der Waals surface area contributed by atoms with Crippen molar-refractivity contribution in [1.82, 2.24) is 28.3 Å². The normalized spacial score (nSPS) is 18.9. The maximum Gasteiger partial charge on any atom is 0.407 e. The van der Waals surface area contributed by atoms with E-state index in [-0.39, 0.29) is 36.0 Å². The van der Waals surface area contributed by atoms with Crippen molar-refractivity contribution in [3.05, 3.63) is 0 Å². The first-order chi connectivity index (χ1) is 22.0. The highest BCUT2D eigenvalue weighted by Gasteiger charge is 2.35. The molecular formula is C33H68N6O8S2. The molecule has 0 aromatic carbocycles. The van der Waals surface area contributed by atoms with Crippen LogP contribution in [0, 0.1) is 10.8 Å². The summed E-state index contributed by atoms with van der Waals surface area (Å²) < 4.78 is 67.9. The molecule has 2 amide bonds. The summed E-state index contributed by atoms with van der Waals surface area (Å²) in [5, 5.41) is 5.62. The van der Waals surface area contributed by atoms with Gasteiger partial charge in [0, 0.05) is 46.3 Å². The van der Waals surface area contributed by atoms with Gasteiger partial charge in [-0.15, -0.1) is 0 Å². The highest BCUT2D eigenvalue weighted by molar-refractivity contribution is 7.87. The van der Waals surface area contributed by atoms with Crippen LogP contribution in [0.3, 0.4) is 0 Å². The molecular weight excluding hydrogens is 673 g/mol. The molecule has 0 radical (unpaired) electrons. The predicted molar refractivity (Wildman–Crippen MR) is 195 cm³/mol. The van der Waals surface area contributed by atoms with Gasteiger partial charge in [0.25, 0.3) is 20.4 Å². The van der Waals surface area contributed by atoms with E-state index < -0.39 is 43.8 Å². The molecule has 2 atom stereocenters. The summed E-state index contributed by atoms with van der Waals surface area (Å²) in [5.41, 5.74) is -1.83. The fourth-order valence-electron chi connectivity index (χ4n) is 5.04. The van der Waals surface area contributed by atoms with Gasteiger partial charge in [-0.1, -0.05) is 54.4 Å². The average Bonchev–Trinajstić information content (AvgIpc) is 2.93. The number of nitrogens with one attached hydrogen (secondary N) is 3. The van der Waals surface area contributed by atoms with Crippen molar-refractivity contribution in [2.24, 2.45) is 10.8 Å². The lowest BCUT2D eigenvalue weighted by Gasteiger charge is -2.37. The highest BCUT2D eigenvalue weighted by Crippen LogP contribution is 2.24. The molecule has 0 aliphatic carbocycles. The first kappa shape index (κ1) is 45.3. The third-order valence-corrected chi connectivity index (χ3v) is 11.6. The average molecular weight is 741 g/mol. The molecule has 2 aliphatic rings. The number of amides is 2. The molecule has 0 unspecified atom stereocenters. The molecule has 16 heteroatoms. The summed E-state index contributed by atoms with van der Waals surface area (Å²) in [6, 6.07) is -0.751. The van der Waals surface area contributed by atoms with Crippen molar-refractivity contribution < 1.29 is 35.9 Å². The summed E-state index contributed by atoms with van der Waals surface area (Å²) in [6.07, 6.45) is 4.63. The van der Waals surface area contributed by atoms with Gasteiger partial charge in [-0.3, -0.25) is 0 Å². The third kappa shape index (κ3) is 17.4. The predicted octanol–water partition coefficient (Wildman–Crippen LogP) is 4.83. The second kappa shape index (κ2) is 18.2. The molecule has 2 saturated heterocycles. The van der Waals surface area contributed by atoms with E-state index >= 15 is 0 Å². The van der Waals surface area contributed by atoms with Gasteiger partial charge in [-0.05, 0) is 78.1 Å². The Balaban J connectivity index is 0.000000490. The summed E-state index contributed by atoms with van der Waals surface area (Å²) in [7, 11) is -5.46. The molecule has 2 fully saturated rings. The summed E-state index contributed by atoms with van der Waals surface area (Å²) in [4.78, 5) is 24.2. The summed E-state index contributed by atoms with van der Waals surface area (Å²) in [6.45, 7) is 25.1. The lowest BCUT2D eigenvalue weighted by Crippen LogP contribution is -2.54. The zero-order valence-electron chi connectivity index (χ0n) is 32.6. The second-order valence-electron chi connectivity index (χ2n) is 17.2. The van der Waals surface area contributed by atoms with Crippen molar-refractivity contribution in [2.45, 2.75) is 145 Å². The van der Waals surface area contributed by atoms with Crippen molar-refractivity contribution >= 4 is 32.6 Å². The first-order valence-electron chi connectivity index (χ1n) is 17.5. The number of hydrogen-bond acceptors (Lipinski definition) is 8. The van der Waals surface area contributed by atoms with Gasteiger partial charge in [0.1, 0.15) is 11.2 Å². The van der Waals surface area contributed by atoms with Crippen LogP contribution in [0.15, 0.2) is 0 Å². The lowest BCUT2D eigenvalue weighted by molar-refractivity contribution is 0.0449. The van der Waals surface area contributed by atoms with E-state index in [0.717, 1.165) is 38.5 Å². The fraction of sp³-hybridized carbons (Fsp3) is 0.939. The Morgan fingerprint density at radius 2 is 1.00 bits per heavy atom. The number of carbonyl (C=O) groups excluding carboxylic acids is 2. The molecule has 2 heterocycles. The molecule has 3 N–H and O–H groups in total. The Kier molecular flexibility index (Phi) is 16.8.